The number of alkyl halides is 3. The van der Waals surface area contributed by atoms with Gasteiger partial charge in [0.15, 0.2) is 22.5 Å². The second-order valence-corrected chi connectivity index (χ2v) is 7.92. The summed E-state index contributed by atoms with van der Waals surface area (Å²) < 4.78 is 52.5. The molecule has 0 radical (unpaired) electrons. The summed E-state index contributed by atoms with van der Waals surface area (Å²) in [5.74, 6) is 1.78. The van der Waals surface area contributed by atoms with Gasteiger partial charge in [-0.15, -0.1) is 10.2 Å². The highest BCUT2D eigenvalue weighted by molar-refractivity contribution is 9.10. The maximum Gasteiger partial charge on any atom is 0.406 e. The summed E-state index contributed by atoms with van der Waals surface area (Å²) in [6.07, 6.45) is -1.40. The number of rotatable bonds is 5. The van der Waals surface area contributed by atoms with Crippen molar-refractivity contribution >= 4 is 27.7 Å². The predicted octanol–water partition coefficient (Wildman–Crippen LogP) is 4.73. The van der Waals surface area contributed by atoms with Crippen molar-refractivity contribution in [2.75, 3.05) is 13.2 Å². The number of hydrogen-bond acceptors (Lipinski definition) is 6. The molecule has 0 amide bonds. The van der Waals surface area contributed by atoms with E-state index in [1.165, 1.54) is 24.2 Å². The van der Waals surface area contributed by atoms with Gasteiger partial charge in [0.1, 0.15) is 19.8 Å². The van der Waals surface area contributed by atoms with Crippen LogP contribution >= 0.6 is 27.7 Å². The lowest BCUT2D eigenvalue weighted by Gasteiger charge is -2.20. The highest BCUT2D eigenvalue weighted by Gasteiger charge is 2.31. The van der Waals surface area contributed by atoms with Crippen LogP contribution in [0.15, 0.2) is 46.3 Å². The Labute approximate surface area is 176 Å². The minimum absolute atomic E-state index is 0.147. The zero-order chi connectivity index (χ0) is 20.4. The van der Waals surface area contributed by atoms with Crippen LogP contribution in [-0.2, 0) is 12.3 Å². The first kappa shape index (κ1) is 20.0. The van der Waals surface area contributed by atoms with Crippen LogP contribution in [0.3, 0.4) is 0 Å². The van der Waals surface area contributed by atoms with Gasteiger partial charge in [-0.3, -0.25) is 9.55 Å². The van der Waals surface area contributed by atoms with Crippen molar-refractivity contribution in [2.24, 2.45) is 0 Å². The van der Waals surface area contributed by atoms with E-state index in [0.29, 0.717) is 36.0 Å². The number of thioether (sulfide) groups is 1. The third-order valence-electron chi connectivity index (χ3n) is 4.06. The fourth-order valence-corrected chi connectivity index (χ4v) is 4.37. The van der Waals surface area contributed by atoms with Gasteiger partial charge in [0.2, 0.25) is 0 Å². The van der Waals surface area contributed by atoms with Crippen molar-refractivity contribution < 1.29 is 22.6 Å². The summed E-state index contributed by atoms with van der Waals surface area (Å²) in [5, 5.41) is 8.15. The fraction of sp³-hybridized carbons (Fsp3) is 0.278. The molecule has 29 heavy (non-hydrogen) atoms. The van der Waals surface area contributed by atoms with Crippen molar-refractivity contribution in [3.05, 3.63) is 46.7 Å². The van der Waals surface area contributed by atoms with Crippen molar-refractivity contribution in [1.82, 2.24) is 19.7 Å². The number of ether oxygens (including phenoxy) is 2. The lowest BCUT2D eigenvalue weighted by molar-refractivity contribution is -0.141. The Hall–Kier alpha value is -2.27. The lowest BCUT2D eigenvalue weighted by Crippen LogP contribution is -2.19. The number of hydrogen-bond donors (Lipinski definition) is 0. The van der Waals surface area contributed by atoms with Crippen LogP contribution in [0.2, 0.25) is 0 Å². The first-order valence-corrected chi connectivity index (χ1v) is 10.3. The minimum Gasteiger partial charge on any atom is -0.486 e. The average molecular weight is 487 g/mol. The number of fused-ring (bicyclic) bond motifs is 1. The molecule has 3 aromatic rings. The maximum absolute atomic E-state index is 13.2. The molecule has 0 unspecified atom stereocenters. The zero-order valence-electron chi connectivity index (χ0n) is 14.8. The zero-order valence-corrected chi connectivity index (χ0v) is 17.2. The second-order valence-electron chi connectivity index (χ2n) is 6.12. The van der Waals surface area contributed by atoms with Gasteiger partial charge in [0, 0.05) is 28.2 Å². The second kappa shape index (κ2) is 8.23. The summed E-state index contributed by atoms with van der Waals surface area (Å²) in [7, 11) is 0. The first-order chi connectivity index (χ1) is 13.9. The molecule has 0 fully saturated rings. The molecular formula is C18H14BrF3N4O2S. The van der Waals surface area contributed by atoms with Crippen molar-refractivity contribution in [3.63, 3.8) is 0 Å². The summed E-state index contributed by atoms with van der Waals surface area (Å²) in [6, 6.07) is 6.82. The third-order valence-corrected chi connectivity index (χ3v) is 5.81. The quantitative estimate of drug-likeness (QED) is 0.486. The number of nitrogens with zero attached hydrogens (tertiary/aromatic N) is 4. The van der Waals surface area contributed by atoms with Gasteiger partial charge in [-0.05, 0) is 29.8 Å². The lowest BCUT2D eigenvalue weighted by atomic mass is 10.2. The molecule has 1 aromatic carbocycles. The molecular weight excluding hydrogens is 473 g/mol. The van der Waals surface area contributed by atoms with Crippen LogP contribution in [-0.4, -0.2) is 39.1 Å². The van der Waals surface area contributed by atoms with Crippen LogP contribution in [0.1, 0.15) is 5.56 Å². The topological polar surface area (TPSA) is 62.1 Å². The van der Waals surface area contributed by atoms with E-state index in [2.05, 4.69) is 31.1 Å². The van der Waals surface area contributed by atoms with E-state index < -0.39 is 12.7 Å². The number of aromatic nitrogens is 4. The Bertz CT molecular complexity index is 1010. The molecule has 0 saturated carbocycles. The van der Waals surface area contributed by atoms with E-state index in [1.807, 2.05) is 6.07 Å². The summed E-state index contributed by atoms with van der Waals surface area (Å²) in [5.41, 5.74) is 1.37. The van der Waals surface area contributed by atoms with E-state index in [9.17, 15) is 13.2 Å². The summed E-state index contributed by atoms with van der Waals surface area (Å²) >= 11 is 4.65. The molecule has 0 aliphatic carbocycles. The van der Waals surface area contributed by atoms with Gasteiger partial charge in [-0.1, -0.05) is 27.7 Å². The molecule has 0 saturated heterocycles. The smallest absolute Gasteiger partial charge is 0.406 e. The number of pyridine rings is 1. The highest BCUT2D eigenvalue weighted by Crippen LogP contribution is 2.38. The Morgan fingerprint density at radius 3 is 2.45 bits per heavy atom. The molecule has 0 bridgehead atoms. The Morgan fingerprint density at radius 2 is 1.76 bits per heavy atom. The van der Waals surface area contributed by atoms with Gasteiger partial charge >= 0.3 is 6.18 Å². The molecule has 0 N–H and O–H groups in total. The van der Waals surface area contributed by atoms with E-state index in [1.54, 1.807) is 18.2 Å². The van der Waals surface area contributed by atoms with Gasteiger partial charge in [-0.25, -0.2) is 0 Å². The largest absolute Gasteiger partial charge is 0.486 e. The van der Waals surface area contributed by atoms with Gasteiger partial charge in [-0.2, -0.15) is 13.2 Å². The standard InChI is InChI=1S/C18H14BrF3N4O2S/c19-13-8-15-14(27-5-6-28-15)7-12(13)9-29-17-25-24-16(11-1-3-23-4-2-11)26(17)10-18(20,21)22/h1-4,7-8H,5-6,9-10H2. The maximum atomic E-state index is 13.2. The molecule has 1 aliphatic rings. The minimum atomic E-state index is -4.41. The average Bonchev–Trinajstić information content (AvgIpc) is 3.07. The number of halogens is 4. The molecule has 11 heteroatoms. The molecule has 3 heterocycles. The monoisotopic (exact) mass is 486 g/mol. The molecule has 4 rings (SSSR count). The predicted molar refractivity (Wildman–Crippen MR) is 104 cm³/mol. The van der Waals surface area contributed by atoms with Crippen molar-refractivity contribution in [2.45, 2.75) is 23.6 Å². The molecule has 0 spiro atoms. The SMILES string of the molecule is FC(F)(F)Cn1c(SCc2cc3c(cc2Br)OCCO3)nnc1-c1ccncc1. The van der Waals surface area contributed by atoms with E-state index in [-0.39, 0.29) is 11.0 Å². The summed E-state index contributed by atoms with van der Waals surface area (Å²) in [6.45, 7) is -0.245. The molecule has 6 nitrogen and oxygen atoms in total. The normalized spacial score (nSPS) is 13.5. The van der Waals surface area contributed by atoms with Crippen molar-refractivity contribution in [1.29, 1.82) is 0 Å². The molecule has 2 aromatic heterocycles. The van der Waals surface area contributed by atoms with Gasteiger partial charge < -0.3 is 9.47 Å². The van der Waals surface area contributed by atoms with Crippen LogP contribution in [0.5, 0.6) is 11.5 Å². The van der Waals surface area contributed by atoms with E-state index >= 15 is 0 Å². The number of benzene rings is 1. The van der Waals surface area contributed by atoms with E-state index in [4.69, 9.17) is 9.47 Å². The van der Waals surface area contributed by atoms with Crippen LogP contribution in [0, 0.1) is 0 Å². The third kappa shape index (κ3) is 4.67. The Balaban J connectivity index is 1.61. The highest BCUT2D eigenvalue weighted by atomic mass is 79.9. The van der Waals surface area contributed by atoms with Crippen LogP contribution in [0.25, 0.3) is 11.4 Å². The van der Waals surface area contributed by atoms with Gasteiger partial charge in [0.05, 0.1) is 0 Å². The van der Waals surface area contributed by atoms with Crippen LogP contribution < -0.4 is 9.47 Å². The first-order valence-electron chi connectivity index (χ1n) is 8.52. The van der Waals surface area contributed by atoms with Crippen molar-refractivity contribution in [3.8, 4) is 22.9 Å². The Morgan fingerprint density at radius 1 is 1.07 bits per heavy atom. The van der Waals surface area contributed by atoms with Crippen LogP contribution in [0.4, 0.5) is 13.2 Å². The van der Waals surface area contributed by atoms with Gasteiger partial charge in [0.25, 0.3) is 0 Å². The summed E-state index contributed by atoms with van der Waals surface area (Å²) in [4.78, 5) is 3.89. The molecule has 152 valence electrons. The molecule has 0 atom stereocenters. The Kier molecular flexibility index (Phi) is 5.68. The van der Waals surface area contributed by atoms with E-state index in [0.717, 1.165) is 14.6 Å². The molecule has 1 aliphatic heterocycles. The fourth-order valence-electron chi connectivity index (χ4n) is 2.79.